The van der Waals surface area contributed by atoms with Gasteiger partial charge in [-0.05, 0) is 30.7 Å². The van der Waals surface area contributed by atoms with Crippen LogP contribution in [0.4, 0.5) is 0 Å². The van der Waals surface area contributed by atoms with Gasteiger partial charge in [0.1, 0.15) is 11.3 Å². The number of para-hydroxylation sites is 1. The molecule has 1 heterocycles. The first-order chi connectivity index (χ1) is 12.5. The maximum atomic E-state index is 12.7. The Kier molecular flexibility index (Phi) is 4.93. The molecule has 0 saturated carbocycles. The molecule has 2 aromatic carbocycles. The van der Waals surface area contributed by atoms with Gasteiger partial charge in [0.15, 0.2) is 0 Å². The molecule has 0 aliphatic rings. The van der Waals surface area contributed by atoms with Gasteiger partial charge < -0.3 is 19.8 Å². The van der Waals surface area contributed by atoms with Crippen molar-refractivity contribution in [1.82, 2.24) is 10.3 Å². The molecule has 0 atom stereocenters. The number of methoxy groups -OCH3 is 2. The number of hydrogen-bond acceptors (Lipinski definition) is 4. The number of aryl methyl sites for hydroxylation is 1. The third-order valence-corrected chi connectivity index (χ3v) is 4.24. The first-order valence-corrected chi connectivity index (χ1v) is 8.16. The second-order valence-electron chi connectivity index (χ2n) is 5.88. The standard InChI is InChI=1S/C20H20N2O4/c1-12-18(14-6-4-5-7-16(14)22-12)19(23)21-11-13-8-9-17(25-2)15(10-13)20(24)26-3/h4-10,22H,11H2,1-3H3,(H,21,23). The van der Waals surface area contributed by atoms with E-state index >= 15 is 0 Å². The fourth-order valence-corrected chi connectivity index (χ4v) is 2.97. The Hall–Kier alpha value is -3.28. The van der Waals surface area contributed by atoms with E-state index in [0.717, 1.165) is 22.2 Å². The van der Waals surface area contributed by atoms with Crippen LogP contribution < -0.4 is 10.1 Å². The van der Waals surface area contributed by atoms with Crippen molar-refractivity contribution in [1.29, 1.82) is 0 Å². The molecule has 0 bridgehead atoms. The average Bonchev–Trinajstić information content (AvgIpc) is 3.01. The van der Waals surface area contributed by atoms with Crippen molar-refractivity contribution in [3.63, 3.8) is 0 Å². The Balaban J connectivity index is 1.81. The van der Waals surface area contributed by atoms with Crippen LogP contribution in [0.15, 0.2) is 42.5 Å². The summed E-state index contributed by atoms with van der Waals surface area (Å²) in [5.74, 6) is -0.225. The van der Waals surface area contributed by atoms with E-state index in [-0.39, 0.29) is 12.5 Å². The minimum atomic E-state index is -0.484. The number of rotatable bonds is 5. The number of fused-ring (bicyclic) bond motifs is 1. The van der Waals surface area contributed by atoms with E-state index < -0.39 is 5.97 Å². The van der Waals surface area contributed by atoms with Crippen molar-refractivity contribution in [3.05, 3.63) is 64.8 Å². The van der Waals surface area contributed by atoms with Gasteiger partial charge in [-0.3, -0.25) is 4.79 Å². The summed E-state index contributed by atoms with van der Waals surface area (Å²) in [5.41, 5.74) is 3.46. The number of esters is 1. The summed E-state index contributed by atoms with van der Waals surface area (Å²) < 4.78 is 9.95. The van der Waals surface area contributed by atoms with Crippen LogP contribution in [0.2, 0.25) is 0 Å². The number of ether oxygens (including phenoxy) is 2. The number of carbonyl (C=O) groups excluding carboxylic acids is 2. The van der Waals surface area contributed by atoms with E-state index in [1.54, 1.807) is 18.2 Å². The topological polar surface area (TPSA) is 80.4 Å². The molecule has 2 N–H and O–H groups in total. The predicted molar refractivity (Wildman–Crippen MR) is 98.5 cm³/mol. The van der Waals surface area contributed by atoms with Crippen LogP contribution in [0.3, 0.4) is 0 Å². The Labute approximate surface area is 151 Å². The molecule has 0 aliphatic carbocycles. The lowest BCUT2D eigenvalue weighted by Gasteiger charge is -2.10. The highest BCUT2D eigenvalue weighted by atomic mass is 16.5. The quantitative estimate of drug-likeness (QED) is 0.691. The van der Waals surface area contributed by atoms with Crippen molar-refractivity contribution >= 4 is 22.8 Å². The van der Waals surface area contributed by atoms with E-state index in [1.807, 2.05) is 31.2 Å². The number of amides is 1. The van der Waals surface area contributed by atoms with Gasteiger partial charge in [-0.15, -0.1) is 0 Å². The van der Waals surface area contributed by atoms with Crippen LogP contribution >= 0.6 is 0 Å². The van der Waals surface area contributed by atoms with Crippen LogP contribution in [0.1, 0.15) is 32.0 Å². The van der Waals surface area contributed by atoms with Crippen molar-refractivity contribution in [3.8, 4) is 5.75 Å². The van der Waals surface area contributed by atoms with Gasteiger partial charge in [0.05, 0.1) is 19.8 Å². The number of hydrogen-bond donors (Lipinski definition) is 2. The predicted octanol–water partition coefficient (Wildman–Crippen LogP) is 3.20. The Morgan fingerprint density at radius 3 is 2.62 bits per heavy atom. The SMILES string of the molecule is COC(=O)c1cc(CNC(=O)c2c(C)[nH]c3ccccc23)ccc1OC. The van der Waals surface area contributed by atoms with E-state index in [9.17, 15) is 9.59 Å². The molecular formula is C20H20N2O4. The van der Waals surface area contributed by atoms with Gasteiger partial charge in [-0.25, -0.2) is 4.79 Å². The highest BCUT2D eigenvalue weighted by Gasteiger charge is 2.17. The fourth-order valence-electron chi connectivity index (χ4n) is 2.97. The average molecular weight is 352 g/mol. The normalized spacial score (nSPS) is 10.6. The fraction of sp³-hybridized carbons (Fsp3) is 0.200. The highest BCUT2D eigenvalue weighted by molar-refractivity contribution is 6.08. The summed E-state index contributed by atoms with van der Waals surface area (Å²) in [6.45, 7) is 2.16. The molecule has 0 aliphatic heterocycles. The van der Waals surface area contributed by atoms with Crippen molar-refractivity contribution in [2.45, 2.75) is 13.5 Å². The minimum absolute atomic E-state index is 0.171. The third-order valence-electron chi connectivity index (χ3n) is 4.24. The van der Waals surface area contributed by atoms with Crippen LogP contribution in [0.25, 0.3) is 10.9 Å². The lowest BCUT2D eigenvalue weighted by molar-refractivity contribution is 0.0597. The molecule has 1 aromatic heterocycles. The number of nitrogens with one attached hydrogen (secondary N) is 2. The van der Waals surface area contributed by atoms with Gasteiger partial charge in [0, 0.05) is 23.1 Å². The zero-order valence-electron chi connectivity index (χ0n) is 14.9. The van der Waals surface area contributed by atoms with Crippen molar-refractivity contribution in [2.75, 3.05) is 14.2 Å². The zero-order chi connectivity index (χ0) is 18.7. The molecule has 0 spiro atoms. The van der Waals surface area contributed by atoms with Crippen LogP contribution in [0, 0.1) is 6.92 Å². The molecule has 0 unspecified atom stereocenters. The highest BCUT2D eigenvalue weighted by Crippen LogP contribution is 2.23. The van der Waals surface area contributed by atoms with Gasteiger partial charge in [0.2, 0.25) is 0 Å². The molecule has 0 radical (unpaired) electrons. The Bertz CT molecular complexity index is 975. The molecular weight excluding hydrogens is 332 g/mol. The number of aromatic nitrogens is 1. The summed E-state index contributed by atoms with van der Waals surface area (Å²) in [6.07, 6.45) is 0. The van der Waals surface area contributed by atoms with E-state index in [1.165, 1.54) is 14.2 Å². The first kappa shape index (κ1) is 17.5. The van der Waals surface area contributed by atoms with Gasteiger partial charge in [0.25, 0.3) is 5.91 Å². The lowest BCUT2D eigenvalue weighted by Crippen LogP contribution is -2.23. The maximum Gasteiger partial charge on any atom is 0.341 e. The molecule has 0 saturated heterocycles. The Morgan fingerprint density at radius 1 is 1.12 bits per heavy atom. The summed E-state index contributed by atoms with van der Waals surface area (Å²) in [6, 6.07) is 12.8. The van der Waals surface area contributed by atoms with Crippen molar-refractivity contribution < 1.29 is 19.1 Å². The molecule has 1 amide bonds. The summed E-state index contributed by atoms with van der Waals surface area (Å²) in [7, 11) is 2.80. The van der Waals surface area contributed by atoms with E-state index in [2.05, 4.69) is 10.3 Å². The maximum absolute atomic E-state index is 12.7. The molecule has 6 heteroatoms. The largest absolute Gasteiger partial charge is 0.496 e. The smallest absolute Gasteiger partial charge is 0.341 e. The molecule has 3 rings (SSSR count). The first-order valence-electron chi connectivity index (χ1n) is 8.16. The number of H-pyrrole nitrogens is 1. The van der Waals surface area contributed by atoms with Crippen LogP contribution in [-0.2, 0) is 11.3 Å². The third kappa shape index (κ3) is 3.26. The van der Waals surface area contributed by atoms with Crippen molar-refractivity contribution in [2.24, 2.45) is 0 Å². The number of aromatic amines is 1. The van der Waals surface area contributed by atoms with Crippen LogP contribution in [-0.4, -0.2) is 31.1 Å². The van der Waals surface area contributed by atoms with E-state index in [4.69, 9.17) is 9.47 Å². The lowest BCUT2D eigenvalue weighted by atomic mass is 10.1. The Morgan fingerprint density at radius 2 is 1.88 bits per heavy atom. The molecule has 26 heavy (non-hydrogen) atoms. The minimum Gasteiger partial charge on any atom is -0.496 e. The van der Waals surface area contributed by atoms with E-state index in [0.29, 0.717) is 16.9 Å². The zero-order valence-corrected chi connectivity index (χ0v) is 14.9. The molecule has 134 valence electrons. The van der Waals surface area contributed by atoms with Gasteiger partial charge >= 0.3 is 5.97 Å². The monoisotopic (exact) mass is 352 g/mol. The van der Waals surface area contributed by atoms with Gasteiger partial charge in [-0.1, -0.05) is 24.3 Å². The summed E-state index contributed by atoms with van der Waals surface area (Å²) >= 11 is 0. The summed E-state index contributed by atoms with van der Waals surface area (Å²) in [4.78, 5) is 27.7. The summed E-state index contributed by atoms with van der Waals surface area (Å²) in [5, 5.41) is 3.79. The van der Waals surface area contributed by atoms with Gasteiger partial charge in [-0.2, -0.15) is 0 Å². The number of benzene rings is 2. The van der Waals surface area contributed by atoms with Crippen LogP contribution in [0.5, 0.6) is 5.75 Å². The molecule has 0 fully saturated rings. The molecule has 6 nitrogen and oxygen atoms in total. The number of carbonyl (C=O) groups is 2. The molecule has 3 aromatic rings. The second-order valence-corrected chi connectivity index (χ2v) is 5.88. The second kappa shape index (κ2) is 7.31.